The van der Waals surface area contributed by atoms with Crippen molar-refractivity contribution in [1.82, 2.24) is 0 Å². The molecule has 13 rings (SSSR count). The first kappa shape index (κ1) is 38.3. The van der Waals surface area contributed by atoms with Crippen LogP contribution in [0.15, 0.2) is 243 Å². The van der Waals surface area contributed by atoms with Crippen LogP contribution in [0.4, 0.5) is 34.1 Å². The number of benzene rings is 10. The van der Waals surface area contributed by atoms with Gasteiger partial charge in [0.1, 0.15) is 0 Å². The molecule has 312 valence electrons. The molecule has 1 heterocycles. The molecule has 0 unspecified atom stereocenters. The maximum Gasteiger partial charge on any atom is 0.0760 e. The molecule has 1 aliphatic heterocycles. The fourth-order valence-corrected chi connectivity index (χ4v) is 11.8. The van der Waals surface area contributed by atoms with Crippen LogP contribution in [0.3, 0.4) is 0 Å². The van der Waals surface area contributed by atoms with Gasteiger partial charge in [-0.05, 0) is 127 Å². The summed E-state index contributed by atoms with van der Waals surface area (Å²) in [5, 5.41) is 0. The van der Waals surface area contributed by atoms with Crippen LogP contribution in [-0.2, 0) is 10.8 Å². The van der Waals surface area contributed by atoms with E-state index in [4.69, 9.17) is 0 Å². The molecule has 2 aliphatic carbocycles. The van der Waals surface area contributed by atoms with Crippen molar-refractivity contribution in [3.05, 3.63) is 276 Å². The van der Waals surface area contributed by atoms with Gasteiger partial charge in [0.05, 0.1) is 22.5 Å². The Kier molecular flexibility index (Phi) is 8.51. The number of hydrogen-bond acceptors (Lipinski definition) is 2. The molecular formula is C64H46N2. The van der Waals surface area contributed by atoms with Gasteiger partial charge >= 0.3 is 0 Å². The molecule has 0 aromatic heterocycles. The zero-order valence-corrected chi connectivity index (χ0v) is 37.0. The van der Waals surface area contributed by atoms with Crippen LogP contribution < -0.4 is 9.80 Å². The molecule has 10 aromatic rings. The third kappa shape index (κ3) is 5.42. The van der Waals surface area contributed by atoms with E-state index in [-0.39, 0.29) is 5.41 Å². The first-order valence-electron chi connectivity index (χ1n) is 23.1. The first-order valence-corrected chi connectivity index (χ1v) is 23.1. The van der Waals surface area contributed by atoms with Crippen molar-refractivity contribution < 1.29 is 0 Å². The first-order chi connectivity index (χ1) is 32.5. The van der Waals surface area contributed by atoms with Gasteiger partial charge in [-0.25, -0.2) is 0 Å². The monoisotopic (exact) mass is 842 g/mol. The molecule has 10 aromatic carbocycles. The summed E-state index contributed by atoms with van der Waals surface area (Å²) in [6, 6.07) is 90.0. The summed E-state index contributed by atoms with van der Waals surface area (Å²) in [6.45, 7) is 4.73. The van der Waals surface area contributed by atoms with Gasteiger partial charge in [-0.2, -0.15) is 0 Å². The molecule has 0 bridgehead atoms. The summed E-state index contributed by atoms with van der Waals surface area (Å²) in [5.41, 5.74) is 24.2. The van der Waals surface area contributed by atoms with Crippen LogP contribution in [0.1, 0.15) is 47.2 Å². The van der Waals surface area contributed by atoms with E-state index >= 15 is 0 Å². The van der Waals surface area contributed by atoms with Crippen LogP contribution in [0, 0.1) is 0 Å². The highest BCUT2D eigenvalue weighted by molar-refractivity contribution is 5.99. The molecule has 0 radical (unpaired) electrons. The van der Waals surface area contributed by atoms with E-state index in [9.17, 15) is 0 Å². The molecule has 0 saturated carbocycles. The van der Waals surface area contributed by atoms with Gasteiger partial charge in [-0.3, -0.25) is 0 Å². The highest BCUT2D eigenvalue weighted by Crippen LogP contribution is 2.65. The highest BCUT2D eigenvalue weighted by atomic mass is 15.2. The molecule has 66 heavy (non-hydrogen) atoms. The second kappa shape index (κ2) is 14.7. The Bertz CT molecular complexity index is 3460. The van der Waals surface area contributed by atoms with Crippen LogP contribution in [0.5, 0.6) is 0 Å². The lowest BCUT2D eigenvalue weighted by atomic mass is 9.63. The van der Waals surface area contributed by atoms with Gasteiger partial charge in [0.25, 0.3) is 0 Å². The summed E-state index contributed by atoms with van der Waals surface area (Å²) < 4.78 is 0. The fraction of sp³-hybridized carbons (Fsp3) is 0.0625. The molecule has 1 spiro atoms. The van der Waals surface area contributed by atoms with E-state index in [2.05, 4.69) is 266 Å². The van der Waals surface area contributed by atoms with Gasteiger partial charge in [-0.1, -0.05) is 202 Å². The topological polar surface area (TPSA) is 6.48 Å². The zero-order valence-electron chi connectivity index (χ0n) is 37.0. The van der Waals surface area contributed by atoms with E-state index in [0.29, 0.717) is 0 Å². The minimum Gasteiger partial charge on any atom is -0.310 e. The molecule has 3 aliphatic rings. The fourth-order valence-electron chi connectivity index (χ4n) is 11.8. The maximum atomic E-state index is 2.46. The summed E-state index contributed by atoms with van der Waals surface area (Å²) in [5.74, 6) is 0. The Labute approximate surface area is 387 Å². The Hall–Kier alpha value is -8.20. The van der Waals surface area contributed by atoms with E-state index < -0.39 is 5.41 Å². The summed E-state index contributed by atoms with van der Waals surface area (Å²) in [6.07, 6.45) is 0. The van der Waals surface area contributed by atoms with Crippen LogP contribution >= 0.6 is 0 Å². The van der Waals surface area contributed by atoms with Gasteiger partial charge in [-0.15, -0.1) is 0 Å². The molecule has 0 atom stereocenters. The third-order valence-electron chi connectivity index (χ3n) is 14.7. The minimum atomic E-state index is -0.560. The Morgan fingerprint density at radius 3 is 1.52 bits per heavy atom. The lowest BCUT2D eigenvalue weighted by Crippen LogP contribution is -2.36. The lowest BCUT2D eigenvalue weighted by Gasteiger charge is -2.45. The second-order valence-electron chi connectivity index (χ2n) is 18.4. The zero-order chi connectivity index (χ0) is 44.0. The standard InChI is InChI=1S/C64H46N2/c1-63(2)54-29-12-9-25-50(54)52-41-40-47(42-58(52)63)65(59-33-16-11-24-48(59)43-20-5-3-6-21-43)46-38-36-44(37-39-46)49-27-19-28-53-51-26-10-13-30-55(51)64(62(49)53)56-31-14-17-34-60(56)66(45-22-7-4-8-23-45)61-35-18-15-32-57(61)64/h3-42H,1-2H3. The van der Waals surface area contributed by atoms with E-state index in [1.54, 1.807) is 0 Å². The number of hydrogen-bond donors (Lipinski definition) is 0. The quantitative estimate of drug-likeness (QED) is 0.165. The van der Waals surface area contributed by atoms with Crippen LogP contribution in [-0.4, -0.2) is 0 Å². The van der Waals surface area contributed by atoms with Gasteiger partial charge in [0, 0.05) is 28.0 Å². The van der Waals surface area contributed by atoms with Crippen LogP contribution in [0.2, 0.25) is 0 Å². The number of fused-ring (bicyclic) bond motifs is 12. The van der Waals surface area contributed by atoms with Crippen molar-refractivity contribution in [3.8, 4) is 44.5 Å². The van der Waals surface area contributed by atoms with E-state index in [1.165, 1.54) is 89.3 Å². The van der Waals surface area contributed by atoms with Crippen molar-refractivity contribution >= 4 is 34.1 Å². The van der Waals surface area contributed by atoms with Crippen molar-refractivity contribution in [1.29, 1.82) is 0 Å². The minimum absolute atomic E-state index is 0.133. The summed E-state index contributed by atoms with van der Waals surface area (Å²) in [7, 11) is 0. The van der Waals surface area contributed by atoms with Gasteiger partial charge in [0.2, 0.25) is 0 Å². The molecule has 0 fully saturated rings. The molecule has 2 heteroatoms. The molecule has 2 nitrogen and oxygen atoms in total. The average Bonchev–Trinajstić information content (AvgIpc) is 3.80. The largest absolute Gasteiger partial charge is 0.310 e. The molecule has 0 N–H and O–H groups in total. The number of rotatable bonds is 6. The molecule has 0 saturated heterocycles. The Balaban J connectivity index is 1.01. The number of para-hydroxylation sites is 4. The maximum absolute atomic E-state index is 2.46. The van der Waals surface area contributed by atoms with E-state index in [1.807, 2.05) is 0 Å². The SMILES string of the molecule is CC1(C)c2ccccc2-c2ccc(N(c3ccc(-c4cccc5c4C4(c6ccccc6-5)c5ccccc5N(c5ccccc5)c5ccccc54)cc3)c3ccccc3-c3ccccc3)cc21. The third-order valence-corrected chi connectivity index (χ3v) is 14.7. The lowest BCUT2D eigenvalue weighted by molar-refractivity contribution is 0.660. The Morgan fingerprint density at radius 1 is 0.333 bits per heavy atom. The van der Waals surface area contributed by atoms with Crippen molar-refractivity contribution in [3.63, 3.8) is 0 Å². The predicted molar refractivity (Wildman–Crippen MR) is 275 cm³/mol. The van der Waals surface area contributed by atoms with Gasteiger partial charge in [0.15, 0.2) is 0 Å². The predicted octanol–water partition coefficient (Wildman–Crippen LogP) is 16.9. The Morgan fingerprint density at radius 2 is 0.818 bits per heavy atom. The smallest absolute Gasteiger partial charge is 0.0760 e. The summed E-state index contributed by atoms with van der Waals surface area (Å²) >= 11 is 0. The number of anilines is 6. The van der Waals surface area contributed by atoms with Crippen LogP contribution in [0.25, 0.3) is 44.5 Å². The van der Waals surface area contributed by atoms with Gasteiger partial charge < -0.3 is 9.80 Å². The highest BCUT2D eigenvalue weighted by Gasteiger charge is 2.52. The van der Waals surface area contributed by atoms with Crippen molar-refractivity contribution in [2.75, 3.05) is 9.80 Å². The van der Waals surface area contributed by atoms with E-state index in [0.717, 1.165) is 22.7 Å². The molecule has 0 amide bonds. The van der Waals surface area contributed by atoms with Crippen molar-refractivity contribution in [2.45, 2.75) is 24.7 Å². The second-order valence-corrected chi connectivity index (χ2v) is 18.4. The van der Waals surface area contributed by atoms with Crippen molar-refractivity contribution in [2.24, 2.45) is 0 Å². The normalized spacial score (nSPS) is 14.1. The molecular weight excluding hydrogens is 797 g/mol. The average molecular weight is 843 g/mol. The summed E-state index contributed by atoms with van der Waals surface area (Å²) in [4.78, 5) is 4.92. The number of nitrogens with zero attached hydrogens (tertiary/aromatic N) is 2.